The van der Waals surface area contributed by atoms with Crippen LogP contribution >= 0.6 is 11.6 Å². The van der Waals surface area contributed by atoms with E-state index in [0.29, 0.717) is 16.3 Å². The molecule has 2 rings (SSSR count). The van der Waals surface area contributed by atoms with Gasteiger partial charge in [-0.15, -0.1) is 0 Å². The van der Waals surface area contributed by atoms with Crippen molar-refractivity contribution in [3.05, 3.63) is 51.2 Å². The number of nitrogens with zero attached hydrogens (tertiary/aromatic N) is 1. The maximum atomic E-state index is 10.8. The SMILES string of the molecule is CNC(C)c1ccc(-c2cc([N+](=O)[O-])ccc2Cl)o1. The lowest BCUT2D eigenvalue weighted by molar-refractivity contribution is -0.384. The van der Waals surface area contributed by atoms with Crippen LogP contribution in [0.25, 0.3) is 11.3 Å². The van der Waals surface area contributed by atoms with Gasteiger partial charge in [-0.05, 0) is 32.2 Å². The molecule has 0 saturated carbocycles. The zero-order valence-corrected chi connectivity index (χ0v) is 11.3. The first-order valence-corrected chi connectivity index (χ1v) is 6.12. The zero-order chi connectivity index (χ0) is 14.0. The van der Waals surface area contributed by atoms with Gasteiger partial charge < -0.3 is 9.73 Å². The van der Waals surface area contributed by atoms with Crippen LogP contribution < -0.4 is 5.32 Å². The molecule has 1 aromatic carbocycles. The van der Waals surface area contributed by atoms with Crippen molar-refractivity contribution < 1.29 is 9.34 Å². The van der Waals surface area contributed by atoms with E-state index in [1.807, 2.05) is 20.0 Å². The molecule has 1 atom stereocenters. The smallest absolute Gasteiger partial charge is 0.270 e. The Hall–Kier alpha value is -1.85. The average molecular weight is 281 g/mol. The van der Waals surface area contributed by atoms with Gasteiger partial charge in [-0.2, -0.15) is 0 Å². The number of hydrogen-bond acceptors (Lipinski definition) is 4. The molecule has 6 heteroatoms. The summed E-state index contributed by atoms with van der Waals surface area (Å²) in [5.74, 6) is 1.27. The molecular weight excluding hydrogens is 268 g/mol. The van der Waals surface area contributed by atoms with Crippen molar-refractivity contribution in [2.24, 2.45) is 0 Å². The van der Waals surface area contributed by atoms with Gasteiger partial charge in [-0.3, -0.25) is 10.1 Å². The Kier molecular flexibility index (Phi) is 3.87. The molecule has 5 nitrogen and oxygen atoms in total. The molecule has 0 spiro atoms. The second-order valence-corrected chi connectivity index (χ2v) is 4.54. The topological polar surface area (TPSA) is 68.3 Å². The van der Waals surface area contributed by atoms with Crippen LogP contribution in [0.1, 0.15) is 18.7 Å². The number of halogens is 1. The number of non-ortho nitro benzene ring substituents is 1. The third-order valence-electron chi connectivity index (χ3n) is 2.91. The van der Waals surface area contributed by atoms with Gasteiger partial charge in [-0.25, -0.2) is 0 Å². The summed E-state index contributed by atoms with van der Waals surface area (Å²) in [5, 5.41) is 14.3. The molecule has 0 amide bonds. The van der Waals surface area contributed by atoms with Crippen LogP contribution in [0.4, 0.5) is 5.69 Å². The predicted octanol–water partition coefficient (Wildman–Crippen LogP) is 3.79. The van der Waals surface area contributed by atoms with Crippen LogP contribution in [0.5, 0.6) is 0 Å². The first kappa shape index (κ1) is 13.6. The van der Waals surface area contributed by atoms with Gasteiger partial charge >= 0.3 is 0 Å². The highest BCUT2D eigenvalue weighted by atomic mass is 35.5. The lowest BCUT2D eigenvalue weighted by atomic mass is 10.1. The lowest BCUT2D eigenvalue weighted by Crippen LogP contribution is -2.11. The summed E-state index contributed by atoms with van der Waals surface area (Å²) in [6, 6.07) is 7.92. The molecule has 2 aromatic rings. The standard InChI is InChI=1S/C13H13ClN2O3/c1-8(15-2)12-5-6-13(19-12)10-7-9(16(17)18)3-4-11(10)14/h3-8,15H,1-2H3. The number of nitro benzene ring substituents is 1. The number of hydrogen-bond donors (Lipinski definition) is 1. The van der Waals surface area contributed by atoms with E-state index in [9.17, 15) is 10.1 Å². The van der Waals surface area contributed by atoms with Crippen LogP contribution in [-0.2, 0) is 0 Å². The Labute approximate surface area is 115 Å². The first-order chi connectivity index (χ1) is 9.02. The Balaban J connectivity index is 2.43. The molecule has 19 heavy (non-hydrogen) atoms. The molecule has 0 aliphatic heterocycles. The van der Waals surface area contributed by atoms with Gasteiger partial charge in [0.05, 0.1) is 16.0 Å². The quantitative estimate of drug-likeness (QED) is 0.683. The highest BCUT2D eigenvalue weighted by Crippen LogP contribution is 2.33. The van der Waals surface area contributed by atoms with Crippen LogP contribution in [0.15, 0.2) is 34.7 Å². The fourth-order valence-corrected chi connectivity index (χ4v) is 1.90. The van der Waals surface area contributed by atoms with E-state index in [-0.39, 0.29) is 11.7 Å². The third-order valence-corrected chi connectivity index (χ3v) is 3.24. The average Bonchev–Trinajstić information content (AvgIpc) is 2.87. The minimum absolute atomic E-state index is 0.0148. The van der Waals surface area contributed by atoms with Crippen molar-refractivity contribution in [3.8, 4) is 11.3 Å². The summed E-state index contributed by atoms with van der Waals surface area (Å²) < 4.78 is 5.67. The third kappa shape index (κ3) is 2.77. The summed E-state index contributed by atoms with van der Waals surface area (Å²) in [4.78, 5) is 10.3. The number of furan rings is 1. The van der Waals surface area contributed by atoms with E-state index in [4.69, 9.17) is 16.0 Å². The minimum Gasteiger partial charge on any atom is -0.459 e. The Morgan fingerprint density at radius 2 is 2.11 bits per heavy atom. The molecule has 100 valence electrons. The van der Waals surface area contributed by atoms with Crippen molar-refractivity contribution in [2.45, 2.75) is 13.0 Å². The molecule has 0 aliphatic carbocycles. The van der Waals surface area contributed by atoms with Gasteiger partial charge in [0, 0.05) is 17.7 Å². The largest absolute Gasteiger partial charge is 0.459 e. The van der Waals surface area contributed by atoms with Crippen LogP contribution in [0, 0.1) is 10.1 Å². The zero-order valence-electron chi connectivity index (χ0n) is 10.5. The number of benzene rings is 1. The molecule has 0 aliphatic rings. The highest BCUT2D eigenvalue weighted by Gasteiger charge is 2.15. The normalized spacial score (nSPS) is 12.4. The van der Waals surface area contributed by atoms with Gasteiger partial charge in [0.2, 0.25) is 0 Å². The summed E-state index contributed by atoms with van der Waals surface area (Å²) in [5.41, 5.74) is 0.504. The van der Waals surface area contributed by atoms with Crippen molar-refractivity contribution in [1.82, 2.24) is 5.32 Å². The number of nitro groups is 1. The van der Waals surface area contributed by atoms with E-state index in [1.54, 1.807) is 6.07 Å². The Morgan fingerprint density at radius 1 is 1.37 bits per heavy atom. The van der Waals surface area contributed by atoms with Crippen molar-refractivity contribution >= 4 is 17.3 Å². The van der Waals surface area contributed by atoms with Gasteiger partial charge in [0.25, 0.3) is 5.69 Å². The molecule has 0 saturated heterocycles. The van der Waals surface area contributed by atoms with Crippen molar-refractivity contribution in [2.75, 3.05) is 7.05 Å². The molecule has 0 bridgehead atoms. The second kappa shape index (κ2) is 5.42. The van der Waals surface area contributed by atoms with E-state index < -0.39 is 4.92 Å². The minimum atomic E-state index is -0.458. The van der Waals surface area contributed by atoms with Crippen molar-refractivity contribution in [3.63, 3.8) is 0 Å². The molecule has 0 fully saturated rings. The second-order valence-electron chi connectivity index (χ2n) is 4.13. The van der Waals surface area contributed by atoms with Crippen molar-refractivity contribution in [1.29, 1.82) is 0 Å². The molecule has 0 radical (unpaired) electrons. The highest BCUT2D eigenvalue weighted by molar-refractivity contribution is 6.33. The first-order valence-electron chi connectivity index (χ1n) is 5.74. The van der Waals surface area contributed by atoms with Crippen LogP contribution in [0.2, 0.25) is 5.02 Å². The Bertz CT molecular complexity index is 610. The van der Waals surface area contributed by atoms with E-state index in [1.165, 1.54) is 18.2 Å². The van der Waals surface area contributed by atoms with Gasteiger partial charge in [0.15, 0.2) is 0 Å². The van der Waals surface area contributed by atoms with Crippen LogP contribution in [-0.4, -0.2) is 12.0 Å². The molecule has 1 N–H and O–H groups in total. The van der Waals surface area contributed by atoms with Crippen LogP contribution in [0.3, 0.4) is 0 Å². The van der Waals surface area contributed by atoms with Gasteiger partial charge in [0.1, 0.15) is 11.5 Å². The maximum absolute atomic E-state index is 10.8. The fraction of sp³-hybridized carbons (Fsp3) is 0.231. The van der Waals surface area contributed by atoms with Gasteiger partial charge in [-0.1, -0.05) is 11.6 Å². The van der Waals surface area contributed by atoms with E-state index in [0.717, 1.165) is 5.76 Å². The summed E-state index contributed by atoms with van der Waals surface area (Å²) in [6.45, 7) is 1.96. The fourth-order valence-electron chi connectivity index (χ4n) is 1.69. The summed E-state index contributed by atoms with van der Waals surface area (Å²) in [6.07, 6.45) is 0. The lowest BCUT2D eigenvalue weighted by Gasteiger charge is -2.06. The number of rotatable bonds is 4. The molecule has 1 heterocycles. The molecular formula is C13H13ClN2O3. The molecule has 1 unspecified atom stereocenters. The summed E-state index contributed by atoms with van der Waals surface area (Å²) in [7, 11) is 1.83. The summed E-state index contributed by atoms with van der Waals surface area (Å²) >= 11 is 6.06. The Morgan fingerprint density at radius 3 is 2.74 bits per heavy atom. The maximum Gasteiger partial charge on any atom is 0.270 e. The van der Waals surface area contributed by atoms with E-state index in [2.05, 4.69) is 5.32 Å². The molecule has 1 aromatic heterocycles. The van der Waals surface area contributed by atoms with E-state index >= 15 is 0 Å². The predicted molar refractivity (Wildman–Crippen MR) is 73.3 cm³/mol. The monoisotopic (exact) mass is 280 g/mol. The number of nitrogens with one attached hydrogen (secondary N) is 1.